The maximum Gasteiger partial charge on any atom is 0.309 e. The maximum absolute atomic E-state index is 9.76. The maximum atomic E-state index is 9.76. The van der Waals surface area contributed by atoms with E-state index in [2.05, 4.69) is 11.0 Å². The lowest BCUT2D eigenvalue weighted by atomic mass is 11.3. The molecule has 0 fully saturated rings. The van der Waals surface area contributed by atoms with Gasteiger partial charge in [0.25, 0.3) is 0 Å². The monoisotopic (exact) mass is 86.0 g/mol. The third-order valence-corrected chi connectivity index (χ3v) is 0.241. The highest BCUT2D eigenvalue weighted by atomic mass is 16.5. The minimum absolute atomic E-state index is 0.514. The molecule has 3 heteroatoms. The highest BCUT2D eigenvalue weighted by molar-refractivity contribution is 5.33. The van der Waals surface area contributed by atoms with E-state index < -0.39 is 0 Å². The first-order chi connectivity index (χ1) is 2.77. The number of rotatable bonds is 0. The second-order valence-corrected chi connectivity index (χ2v) is 0.821. The van der Waals surface area contributed by atoms with Gasteiger partial charge in [0.2, 0.25) is 0 Å². The van der Waals surface area contributed by atoms with Gasteiger partial charge in [-0.3, -0.25) is 0 Å². The van der Waals surface area contributed by atoms with Gasteiger partial charge in [0, 0.05) is 0 Å². The molecule has 0 aromatic heterocycles. The Hall–Kier alpha value is -0.820. The Morgan fingerprint density at radius 3 is 2.33 bits per heavy atom. The van der Waals surface area contributed by atoms with Crippen molar-refractivity contribution in [1.82, 2.24) is 0 Å². The van der Waals surface area contributed by atoms with Crippen LogP contribution in [0, 0.1) is 5.21 Å². The van der Waals surface area contributed by atoms with Crippen LogP contribution in [0.15, 0.2) is 4.99 Å². The zero-order valence-corrected chi connectivity index (χ0v) is 3.80. The van der Waals surface area contributed by atoms with E-state index in [1.165, 1.54) is 14.1 Å². The van der Waals surface area contributed by atoms with Crippen LogP contribution in [-0.4, -0.2) is 24.8 Å². The second kappa shape index (κ2) is 2.42. The Labute approximate surface area is 36.2 Å². The first-order valence-electron chi connectivity index (χ1n) is 1.52. The Morgan fingerprint density at radius 2 is 2.33 bits per heavy atom. The minimum atomic E-state index is 0.514. The third-order valence-electron chi connectivity index (χ3n) is 0.241. The number of hydrogen-bond acceptors (Lipinski definition) is 2. The van der Waals surface area contributed by atoms with Crippen LogP contribution < -0.4 is 0 Å². The van der Waals surface area contributed by atoms with Gasteiger partial charge in [-0.25, -0.2) is 4.74 Å². The molecule has 0 saturated carbocycles. The molecule has 0 radical (unpaired) electrons. The van der Waals surface area contributed by atoms with Crippen LogP contribution in [0.4, 0.5) is 0 Å². The van der Waals surface area contributed by atoms with Gasteiger partial charge in [-0.05, 0) is 4.99 Å². The highest BCUT2D eigenvalue weighted by Gasteiger charge is 1.58. The van der Waals surface area contributed by atoms with Crippen molar-refractivity contribution in [2.75, 3.05) is 14.1 Å². The van der Waals surface area contributed by atoms with Gasteiger partial charge in [0.1, 0.15) is 7.05 Å². The predicted octanol–water partition coefficient (Wildman–Crippen LogP) is -0.0698. The quantitative estimate of drug-likeness (QED) is 0.176. The van der Waals surface area contributed by atoms with Gasteiger partial charge in [0.15, 0.2) is 0 Å². The summed E-state index contributed by atoms with van der Waals surface area (Å²) in [6.07, 6.45) is 0. The molecule has 0 N–H and O–H groups in total. The molecule has 0 aliphatic rings. The van der Waals surface area contributed by atoms with Crippen molar-refractivity contribution in [3.8, 4) is 0 Å². The zero-order chi connectivity index (χ0) is 4.99. The Kier molecular flexibility index (Phi) is 2.09. The van der Waals surface area contributed by atoms with Gasteiger partial charge in [-0.2, -0.15) is 0 Å². The first kappa shape index (κ1) is 5.18. The molecule has 0 unspecified atom stereocenters. The summed E-state index contributed by atoms with van der Waals surface area (Å²) in [5.41, 5.74) is 0. The van der Waals surface area contributed by atoms with Crippen LogP contribution in [0.1, 0.15) is 0 Å². The summed E-state index contributed by atoms with van der Waals surface area (Å²) < 4.78 is 0.514. The van der Waals surface area contributed by atoms with Gasteiger partial charge < -0.3 is 5.21 Å². The molecule has 0 aromatic carbocycles. The molecule has 0 heterocycles. The van der Waals surface area contributed by atoms with Crippen molar-refractivity contribution in [3.63, 3.8) is 0 Å². The summed E-state index contributed by atoms with van der Waals surface area (Å²) in [6.45, 7) is 0. The van der Waals surface area contributed by atoms with E-state index in [1.807, 2.05) is 0 Å². The van der Waals surface area contributed by atoms with Crippen molar-refractivity contribution in [3.05, 3.63) is 5.21 Å². The Morgan fingerprint density at radius 1 is 1.83 bits per heavy atom. The lowest BCUT2D eigenvalue weighted by Gasteiger charge is -1.87. The topological polar surface area (TPSA) is 38.4 Å². The molecule has 0 bridgehead atoms. The Bertz CT molecular complexity index is 87.0. The highest BCUT2D eigenvalue weighted by Crippen LogP contribution is 1.46. The van der Waals surface area contributed by atoms with Crippen molar-refractivity contribution in [2.24, 2.45) is 4.99 Å². The predicted molar refractivity (Wildman–Crippen MR) is 22.9 cm³/mol. The summed E-state index contributed by atoms with van der Waals surface area (Å²) in [4.78, 5) is 3.30. The second-order valence-electron chi connectivity index (χ2n) is 0.821. The summed E-state index contributed by atoms with van der Waals surface area (Å²) in [7, 11) is 2.82. The number of hydroxylamine groups is 1. The molecule has 6 heavy (non-hydrogen) atoms. The molecular weight excluding hydrogens is 80.0 g/mol. The molecule has 0 aliphatic heterocycles. The molecule has 0 amide bonds. The van der Waals surface area contributed by atoms with E-state index in [4.69, 9.17) is 0 Å². The SMILES string of the molecule is CN=C=[N+](C)[O-]. The van der Waals surface area contributed by atoms with Crippen LogP contribution in [0.25, 0.3) is 0 Å². The Balaban J connectivity index is 3.73. The first-order valence-corrected chi connectivity index (χ1v) is 1.52. The molecule has 0 aromatic rings. The van der Waals surface area contributed by atoms with E-state index in [1.54, 1.807) is 0 Å². The van der Waals surface area contributed by atoms with Crippen LogP contribution in [0.5, 0.6) is 0 Å². The van der Waals surface area contributed by atoms with Crippen LogP contribution in [-0.2, 0) is 0 Å². The molecule has 0 rings (SSSR count). The number of nitrogens with zero attached hydrogens (tertiary/aromatic N) is 2. The fourth-order valence-electron chi connectivity index (χ4n) is 0.141. The summed E-state index contributed by atoms with van der Waals surface area (Å²) in [5, 5.41) is 9.76. The van der Waals surface area contributed by atoms with E-state index >= 15 is 0 Å². The largest absolute Gasteiger partial charge is 0.708 e. The van der Waals surface area contributed by atoms with Gasteiger partial charge in [-0.15, -0.1) is 0 Å². The molecule has 0 aliphatic carbocycles. The van der Waals surface area contributed by atoms with Gasteiger partial charge in [0.05, 0.1) is 7.05 Å². The molecular formula is C3H6N2O. The van der Waals surface area contributed by atoms with Crippen molar-refractivity contribution < 1.29 is 4.74 Å². The van der Waals surface area contributed by atoms with Crippen LogP contribution >= 0.6 is 0 Å². The van der Waals surface area contributed by atoms with Crippen molar-refractivity contribution in [2.45, 2.75) is 0 Å². The van der Waals surface area contributed by atoms with Gasteiger partial charge in [-0.1, -0.05) is 0 Å². The van der Waals surface area contributed by atoms with Crippen molar-refractivity contribution >= 4 is 6.01 Å². The van der Waals surface area contributed by atoms with E-state index in [-0.39, 0.29) is 0 Å². The van der Waals surface area contributed by atoms with E-state index in [9.17, 15) is 5.21 Å². The zero-order valence-electron chi connectivity index (χ0n) is 3.80. The number of aliphatic imine (C=N–C) groups is 1. The van der Waals surface area contributed by atoms with Crippen LogP contribution in [0.2, 0.25) is 0 Å². The summed E-state index contributed by atoms with van der Waals surface area (Å²) >= 11 is 0. The lowest BCUT2D eigenvalue weighted by molar-refractivity contribution is -0.415. The molecule has 0 saturated heterocycles. The van der Waals surface area contributed by atoms with Crippen molar-refractivity contribution in [1.29, 1.82) is 0 Å². The third kappa shape index (κ3) is 3.18. The van der Waals surface area contributed by atoms with E-state index in [0.29, 0.717) is 4.74 Å². The lowest BCUT2D eigenvalue weighted by Crippen LogP contribution is -1.87. The summed E-state index contributed by atoms with van der Waals surface area (Å²) in [6, 6.07) is 2.11. The minimum Gasteiger partial charge on any atom is -0.708 e. The smallest absolute Gasteiger partial charge is 0.309 e. The standard InChI is InChI=1S/C3H6N2O/c1-4-3-5(2)6/h1-2H3. The fourth-order valence-corrected chi connectivity index (χ4v) is 0.141. The fraction of sp³-hybridized carbons (Fsp3) is 0.667. The average molecular weight is 86.1 g/mol. The van der Waals surface area contributed by atoms with Crippen LogP contribution in [0.3, 0.4) is 0 Å². The molecule has 34 valence electrons. The average Bonchev–Trinajstić information content (AvgIpc) is 1.35. The number of hydrogen-bond donors (Lipinski definition) is 0. The molecule has 3 nitrogen and oxygen atoms in total. The molecule has 0 atom stereocenters. The normalized spacial score (nSPS) is 6.33. The van der Waals surface area contributed by atoms with Gasteiger partial charge >= 0.3 is 6.01 Å². The molecule has 0 spiro atoms. The van der Waals surface area contributed by atoms with E-state index in [0.717, 1.165) is 0 Å². The summed E-state index contributed by atoms with van der Waals surface area (Å²) in [5.74, 6) is 0.